The topological polar surface area (TPSA) is 84.2 Å². The third-order valence-electron chi connectivity index (χ3n) is 4.18. The second-order valence-corrected chi connectivity index (χ2v) is 6.37. The molecule has 0 spiro atoms. The van der Waals surface area contributed by atoms with Crippen LogP contribution in [0.15, 0.2) is 54.6 Å². The summed E-state index contributed by atoms with van der Waals surface area (Å²) in [7, 11) is 0. The zero-order valence-electron chi connectivity index (χ0n) is 14.0. The molecule has 2 amide bonds. The summed E-state index contributed by atoms with van der Waals surface area (Å²) in [5.41, 5.74) is 7.07. The van der Waals surface area contributed by atoms with Gasteiger partial charge < -0.3 is 16.4 Å². The smallest absolute Gasteiger partial charge is 0.248 e. The van der Waals surface area contributed by atoms with Crippen LogP contribution in [0.5, 0.6) is 0 Å². The van der Waals surface area contributed by atoms with Crippen molar-refractivity contribution in [3.63, 3.8) is 0 Å². The average Bonchev–Trinajstić information content (AvgIpc) is 3.41. The highest BCUT2D eigenvalue weighted by Gasteiger charge is 2.31. The number of carbonyl (C=O) groups is 2. The van der Waals surface area contributed by atoms with Gasteiger partial charge in [-0.05, 0) is 43.5 Å². The van der Waals surface area contributed by atoms with Crippen LogP contribution in [0, 0.1) is 5.92 Å². The number of hydrogen-bond acceptors (Lipinski definition) is 3. The zero-order chi connectivity index (χ0) is 17.2. The van der Waals surface area contributed by atoms with Crippen molar-refractivity contribution in [2.45, 2.75) is 25.3 Å². The molecule has 1 fully saturated rings. The molecule has 6 heteroatoms. The number of anilines is 2. The quantitative estimate of drug-likeness (QED) is 0.766. The number of nitrogens with two attached hydrogens (primary N) is 1. The Kier molecular flexibility index (Phi) is 5.82. The third-order valence-corrected chi connectivity index (χ3v) is 4.18. The predicted octanol–water partition coefficient (Wildman–Crippen LogP) is 3.27. The second-order valence-electron chi connectivity index (χ2n) is 6.37. The largest absolute Gasteiger partial charge is 0.326 e. The van der Waals surface area contributed by atoms with E-state index in [2.05, 4.69) is 10.6 Å². The van der Waals surface area contributed by atoms with Gasteiger partial charge in [-0.25, -0.2) is 0 Å². The Morgan fingerprint density at radius 1 is 1.00 bits per heavy atom. The number of amides is 2. The van der Waals surface area contributed by atoms with Gasteiger partial charge in [0.15, 0.2) is 0 Å². The molecule has 0 saturated heterocycles. The summed E-state index contributed by atoms with van der Waals surface area (Å²) in [5, 5.41) is 5.69. The van der Waals surface area contributed by atoms with Crippen molar-refractivity contribution in [3.8, 4) is 0 Å². The molecule has 1 atom stereocenters. The Labute approximate surface area is 153 Å². The maximum atomic E-state index is 12.6. The highest BCUT2D eigenvalue weighted by Crippen LogP contribution is 2.30. The first-order valence-corrected chi connectivity index (χ1v) is 8.03. The number of halogens is 1. The normalized spacial score (nSPS) is 15.4. The first-order valence-electron chi connectivity index (χ1n) is 8.03. The summed E-state index contributed by atoms with van der Waals surface area (Å²) < 4.78 is 0. The van der Waals surface area contributed by atoms with Crippen molar-refractivity contribution < 1.29 is 9.59 Å². The predicted molar refractivity (Wildman–Crippen MR) is 102 cm³/mol. The zero-order valence-corrected chi connectivity index (χ0v) is 14.8. The van der Waals surface area contributed by atoms with E-state index in [4.69, 9.17) is 5.73 Å². The molecule has 0 bridgehead atoms. The lowest BCUT2D eigenvalue weighted by Gasteiger charge is -2.24. The minimum atomic E-state index is -1.14. The van der Waals surface area contributed by atoms with Crippen LogP contribution in [0.4, 0.5) is 11.4 Å². The molecular weight excluding hydrogens is 338 g/mol. The molecule has 3 rings (SSSR count). The Hall–Kier alpha value is -2.37. The first kappa shape index (κ1) is 19.0. The van der Waals surface area contributed by atoms with E-state index in [1.807, 2.05) is 30.3 Å². The van der Waals surface area contributed by atoms with Crippen molar-refractivity contribution >= 4 is 35.6 Å². The molecule has 5 nitrogen and oxygen atoms in total. The number of hydrogen-bond donors (Lipinski definition) is 3. The Morgan fingerprint density at radius 2 is 1.60 bits per heavy atom. The maximum absolute atomic E-state index is 12.6. The van der Waals surface area contributed by atoms with Gasteiger partial charge in [0.25, 0.3) is 0 Å². The number of carbonyl (C=O) groups excluding carboxylic acids is 2. The molecule has 4 N–H and O–H groups in total. The molecule has 0 aliphatic heterocycles. The number of rotatable bonds is 5. The Bertz CT molecular complexity index is 758. The lowest BCUT2D eigenvalue weighted by molar-refractivity contribution is -0.121. The lowest BCUT2D eigenvalue weighted by atomic mass is 9.92. The lowest BCUT2D eigenvalue weighted by Crippen LogP contribution is -2.45. The van der Waals surface area contributed by atoms with Crippen molar-refractivity contribution in [1.29, 1.82) is 0 Å². The van der Waals surface area contributed by atoms with E-state index in [0.29, 0.717) is 11.4 Å². The summed E-state index contributed by atoms with van der Waals surface area (Å²) >= 11 is 0. The third kappa shape index (κ3) is 4.59. The van der Waals surface area contributed by atoms with E-state index in [1.165, 1.54) is 0 Å². The van der Waals surface area contributed by atoms with E-state index in [9.17, 15) is 9.59 Å². The van der Waals surface area contributed by atoms with Gasteiger partial charge in [0.05, 0.1) is 0 Å². The summed E-state index contributed by atoms with van der Waals surface area (Å²) in [4.78, 5) is 24.4. The van der Waals surface area contributed by atoms with Crippen LogP contribution in [0.25, 0.3) is 0 Å². The van der Waals surface area contributed by atoms with E-state index in [0.717, 1.165) is 18.4 Å². The van der Waals surface area contributed by atoms with Crippen LogP contribution in [-0.4, -0.2) is 11.8 Å². The summed E-state index contributed by atoms with van der Waals surface area (Å²) in [6.07, 6.45) is 1.90. The summed E-state index contributed by atoms with van der Waals surface area (Å²) in [6, 6.07) is 16.3. The molecule has 1 aliphatic carbocycles. The SMILES string of the molecule is CC(N)(C(=O)Nc1cccc(NC(=O)C2CC2)c1)c1ccccc1.Cl. The molecule has 0 radical (unpaired) electrons. The molecule has 2 aromatic carbocycles. The molecular formula is C19H22ClN3O2. The molecule has 0 aromatic heterocycles. The van der Waals surface area contributed by atoms with Crippen molar-refractivity contribution in [3.05, 3.63) is 60.2 Å². The van der Waals surface area contributed by atoms with Gasteiger partial charge in [-0.15, -0.1) is 12.4 Å². The van der Waals surface area contributed by atoms with Gasteiger partial charge in [0, 0.05) is 17.3 Å². The summed E-state index contributed by atoms with van der Waals surface area (Å²) in [6.45, 7) is 1.68. The van der Waals surface area contributed by atoms with Crippen molar-refractivity contribution in [2.75, 3.05) is 10.6 Å². The van der Waals surface area contributed by atoms with Crippen LogP contribution in [0.2, 0.25) is 0 Å². The van der Waals surface area contributed by atoms with Gasteiger partial charge in [-0.3, -0.25) is 9.59 Å². The number of nitrogens with one attached hydrogen (secondary N) is 2. The summed E-state index contributed by atoms with van der Waals surface area (Å²) in [5.74, 6) is -0.139. The van der Waals surface area contributed by atoms with Crippen molar-refractivity contribution in [1.82, 2.24) is 0 Å². The minimum absolute atomic E-state index is 0. The van der Waals surface area contributed by atoms with Gasteiger partial charge in [0.2, 0.25) is 11.8 Å². The standard InChI is InChI=1S/C19H21N3O2.ClH/c1-19(20,14-6-3-2-4-7-14)18(24)22-16-9-5-8-15(12-16)21-17(23)13-10-11-13;/h2-9,12-13H,10-11,20H2,1H3,(H,21,23)(H,22,24);1H. The van der Waals surface area contributed by atoms with E-state index >= 15 is 0 Å². The van der Waals surface area contributed by atoms with E-state index in [-0.39, 0.29) is 30.1 Å². The molecule has 2 aromatic rings. The highest BCUT2D eigenvalue weighted by molar-refractivity contribution is 5.99. The fraction of sp³-hybridized carbons (Fsp3) is 0.263. The van der Waals surface area contributed by atoms with Crippen LogP contribution < -0.4 is 16.4 Å². The highest BCUT2D eigenvalue weighted by atomic mass is 35.5. The molecule has 25 heavy (non-hydrogen) atoms. The fourth-order valence-corrected chi connectivity index (χ4v) is 2.44. The van der Waals surface area contributed by atoms with Crippen LogP contribution in [-0.2, 0) is 15.1 Å². The van der Waals surface area contributed by atoms with Gasteiger partial charge in [-0.2, -0.15) is 0 Å². The first-order chi connectivity index (χ1) is 11.5. The monoisotopic (exact) mass is 359 g/mol. The van der Waals surface area contributed by atoms with E-state index < -0.39 is 5.54 Å². The molecule has 1 aliphatic rings. The average molecular weight is 360 g/mol. The molecule has 1 saturated carbocycles. The number of benzene rings is 2. The van der Waals surface area contributed by atoms with Crippen LogP contribution in [0.1, 0.15) is 25.3 Å². The second kappa shape index (κ2) is 7.68. The van der Waals surface area contributed by atoms with Crippen LogP contribution >= 0.6 is 12.4 Å². The van der Waals surface area contributed by atoms with Gasteiger partial charge >= 0.3 is 0 Å². The maximum Gasteiger partial charge on any atom is 0.248 e. The Balaban J connectivity index is 0.00000225. The molecule has 0 heterocycles. The minimum Gasteiger partial charge on any atom is -0.326 e. The fourth-order valence-electron chi connectivity index (χ4n) is 2.44. The van der Waals surface area contributed by atoms with E-state index in [1.54, 1.807) is 31.2 Å². The van der Waals surface area contributed by atoms with Gasteiger partial charge in [-0.1, -0.05) is 36.4 Å². The molecule has 132 valence electrons. The van der Waals surface area contributed by atoms with Gasteiger partial charge in [0.1, 0.15) is 5.54 Å². The van der Waals surface area contributed by atoms with Crippen LogP contribution in [0.3, 0.4) is 0 Å². The molecule has 1 unspecified atom stereocenters. The Morgan fingerprint density at radius 3 is 2.20 bits per heavy atom. The van der Waals surface area contributed by atoms with Crippen molar-refractivity contribution in [2.24, 2.45) is 11.7 Å².